The number of Topliss-reactive ketones (excluding diaryl/α,β-unsaturated/α-hetero) is 1. The number of carboxylic acids is 1. The van der Waals surface area contributed by atoms with Gasteiger partial charge in [-0.2, -0.15) is 13.2 Å². The summed E-state index contributed by atoms with van der Waals surface area (Å²) < 4.78 is 38.5. The van der Waals surface area contributed by atoms with Gasteiger partial charge in [0.2, 0.25) is 0 Å². The van der Waals surface area contributed by atoms with Crippen LogP contribution in [0.2, 0.25) is 0 Å². The van der Waals surface area contributed by atoms with E-state index in [9.17, 15) is 27.9 Å². The fourth-order valence-electron chi connectivity index (χ4n) is 2.66. The highest BCUT2D eigenvalue weighted by atomic mass is 19.4. The molecule has 0 saturated carbocycles. The van der Waals surface area contributed by atoms with Gasteiger partial charge in [-0.1, -0.05) is 39.0 Å². The standard InChI is InChI=1S/C19H18F3NO3/c1-18(2,3)15(17(25)26)16(24)13-6-4-5-11(9-13)12-7-8-23-14(10-12)19(20,21)22/h4-10,15H,1-3H3,(H,25,26). The molecule has 0 amide bonds. The highest BCUT2D eigenvalue weighted by Crippen LogP contribution is 2.32. The third-order valence-electron chi connectivity index (χ3n) is 3.91. The van der Waals surface area contributed by atoms with Crippen molar-refractivity contribution in [3.05, 3.63) is 53.9 Å². The van der Waals surface area contributed by atoms with E-state index in [1.54, 1.807) is 26.8 Å². The Kier molecular flexibility index (Phi) is 5.21. The van der Waals surface area contributed by atoms with Gasteiger partial charge >= 0.3 is 12.1 Å². The van der Waals surface area contributed by atoms with Crippen LogP contribution in [0.15, 0.2) is 42.6 Å². The molecule has 0 spiro atoms. The molecule has 2 rings (SSSR count). The van der Waals surface area contributed by atoms with Crippen LogP contribution in [0.1, 0.15) is 36.8 Å². The van der Waals surface area contributed by atoms with Crippen LogP contribution in [-0.4, -0.2) is 21.8 Å². The first-order valence-electron chi connectivity index (χ1n) is 7.82. The highest BCUT2D eigenvalue weighted by molar-refractivity contribution is 6.09. The predicted molar refractivity (Wildman–Crippen MR) is 89.6 cm³/mol. The molecular formula is C19H18F3NO3. The second kappa shape index (κ2) is 6.90. The third kappa shape index (κ3) is 4.28. The molecule has 7 heteroatoms. The minimum absolute atomic E-state index is 0.134. The zero-order valence-corrected chi connectivity index (χ0v) is 14.5. The van der Waals surface area contributed by atoms with Gasteiger partial charge in [-0.05, 0) is 34.7 Å². The first kappa shape index (κ1) is 19.6. The number of ketones is 1. The molecule has 1 unspecified atom stereocenters. The molecular weight excluding hydrogens is 347 g/mol. The average molecular weight is 365 g/mol. The number of aromatic nitrogens is 1. The second-order valence-electron chi connectivity index (χ2n) is 7.01. The number of carbonyl (C=O) groups is 2. The van der Waals surface area contributed by atoms with Gasteiger partial charge in [-0.15, -0.1) is 0 Å². The molecule has 4 nitrogen and oxygen atoms in total. The maximum atomic E-state index is 12.8. The summed E-state index contributed by atoms with van der Waals surface area (Å²) in [5.74, 6) is -3.09. The molecule has 0 aliphatic carbocycles. The number of benzene rings is 1. The summed E-state index contributed by atoms with van der Waals surface area (Å²) in [5, 5.41) is 9.40. The summed E-state index contributed by atoms with van der Waals surface area (Å²) in [6, 6.07) is 8.22. The topological polar surface area (TPSA) is 67.3 Å². The van der Waals surface area contributed by atoms with Crippen LogP contribution >= 0.6 is 0 Å². The molecule has 0 saturated heterocycles. The quantitative estimate of drug-likeness (QED) is 0.630. The van der Waals surface area contributed by atoms with Crippen molar-refractivity contribution >= 4 is 11.8 Å². The average Bonchev–Trinajstić information content (AvgIpc) is 2.52. The number of hydrogen-bond donors (Lipinski definition) is 1. The van der Waals surface area contributed by atoms with Crippen LogP contribution in [0, 0.1) is 11.3 Å². The Morgan fingerprint density at radius 3 is 2.19 bits per heavy atom. The fourth-order valence-corrected chi connectivity index (χ4v) is 2.66. The molecule has 1 N–H and O–H groups in total. The number of aliphatic carboxylic acids is 1. The summed E-state index contributed by atoms with van der Waals surface area (Å²) in [6.07, 6.45) is -3.54. The fraction of sp³-hybridized carbons (Fsp3) is 0.316. The second-order valence-corrected chi connectivity index (χ2v) is 7.01. The highest BCUT2D eigenvalue weighted by Gasteiger charge is 2.38. The molecule has 138 valence electrons. The Morgan fingerprint density at radius 1 is 1.04 bits per heavy atom. The summed E-state index contributed by atoms with van der Waals surface area (Å²) >= 11 is 0. The minimum Gasteiger partial charge on any atom is -0.481 e. The Labute approximate surface area is 148 Å². The zero-order chi connectivity index (χ0) is 19.7. The smallest absolute Gasteiger partial charge is 0.433 e. The van der Waals surface area contributed by atoms with Gasteiger partial charge in [0.1, 0.15) is 11.6 Å². The summed E-state index contributed by atoms with van der Waals surface area (Å²) in [5.41, 5.74) is -1.09. The van der Waals surface area contributed by atoms with Gasteiger partial charge in [0.05, 0.1) is 0 Å². The third-order valence-corrected chi connectivity index (χ3v) is 3.91. The monoisotopic (exact) mass is 365 g/mol. The minimum atomic E-state index is -4.58. The number of carboxylic acid groups (broad SMARTS) is 1. The lowest BCUT2D eigenvalue weighted by Gasteiger charge is -2.25. The maximum Gasteiger partial charge on any atom is 0.433 e. The molecule has 0 radical (unpaired) electrons. The van der Waals surface area contributed by atoms with Crippen molar-refractivity contribution in [2.45, 2.75) is 26.9 Å². The lowest BCUT2D eigenvalue weighted by atomic mass is 9.76. The molecule has 2 aromatic rings. The van der Waals surface area contributed by atoms with E-state index < -0.39 is 35.0 Å². The van der Waals surface area contributed by atoms with E-state index in [1.807, 2.05) is 0 Å². The van der Waals surface area contributed by atoms with Gasteiger partial charge in [-0.3, -0.25) is 14.6 Å². The molecule has 26 heavy (non-hydrogen) atoms. The first-order chi connectivity index (χ1) is 11.9. The van der Waals surface area contributed by atoms with Crippen molar-refractivity contribution in [2.75, 3.05) is 0 Å². The van der Waals surface area contributed by atoms with Crippen molar-refractivity contribution in [1.29, 1.82) is 0 Å². The Hall–Kier alpha value is -2.70. The SMILES string of the molecule is CC(C)(C)C(C(=O)O)C(=O)c1cccc(-c2ccnc(C(F)(F)F)c2)c1. The van der Waals surface area contributed by atoms with Gasteiger partial charge in [0.25, 0.3) is 0 Å². The summed E-state index contributed by atoms with van der Waals surface area (Å²) in [7, 11) is 0. The number of alkyl halides is 3. The van der Waals surface area contributed by atoms with Gasteiger partial charge < -0.3 is 5.11 Å². The lowest BCUT2D eigenvalue weighted by Crippen LogP contribution is -2.35. The van der Waals surface area contributed by atoms with Crippen molar-refractivity contribution in [2.24, 2.45) is 11.3 Å². The van der Waals surface area contributed by atoms with Crippen molar-refractivity contribution in [3.63, 3.8) is 0 Å². The molecule has 1 atom stereocenters. The largest absolute Gasteiger partial charge is 0.481 e. The molecule has 0 bridgehead atoms. The molecule has 0 aliphatic rings. The van der Waals surface area contributed by atoms with Crippen molar-refractivity contribution < 1.29 is 27.9 Å². The van der Waals surface area contributed by atoms with Crippen LogP contribution in [0.5, 0.6) is 0 Å². The summed E-state index contributed by atoms with van der Waals surface area (Å²) in [4.78, 5) is 27.5. The van der Waals surface area contributed by atoms with Gasteiger partial charge in [0.15, 0.2) is 5.78 Å². The molecule has 1 aromatic heterocycles. The predicted octanol–water partition coefficient (Wildman–Crippen LogP) is 4.70. The first-order valence-corrected chi connectivity index (χ1v) is 7.82. The Balaban J connectivity index is 2.46. The van der Waals surface area contributed by atoms with Crippen LogP contribution < -0.4 is 0 Å². The number of nitrogens with zero attached hydrogens (tertiary/aromatic N) is 1. The van der Waals surface area contributed by atoms with Gasteiger partial charge in [0, 0.05) is 11.8 Å². The lowest BCUT2D eigenvalue weighted by molar-refractivity contribution is -0.143. The number of halogens is 3. The molecule has 0 aliphatic heterocycles. The number of hydrogen-bond acceptors (Lipinski definition) is 3. The maximum absolute atomic E-state index is 12.8. The number of pyridine rings is 1. The van der Waals surface area contributed by atoms with E-state index in [2.05, 4.69) is 4.98 Å². The van der Waals surface area contributed by atoms with E-state index in [-0.39, 0.29) is 11.1 Å². The molecule has 1 heterocycles. The van der Waals surface area contributed by atoms with E-state index >= 15 is 0 Å². The molecule has 1 aromatic carbocycles. The van der Waals surface area contributed by atoms with Crippen LogP contribution in [0.3, 0.4) is 0 Å². The van der Waals surface area contributed by atoms with Crippen LogP contribution in [0.25, 0.3) is 11.1 Å². The normalized spacial score (nSPS) is 13.3. The van der Waals surface area contributed by atoms with E-state index in [0.29, 0.717) is 5.56 Å². The van der Waals surface area contributed by atoms with Crippen molar-refractivity contribution in [3.8, 4) is 11.1 Å². The van der Waals surface area contributed by atoms with E-state index in [1.165, 1.54) is 24.3 Å². The van der Waals surface area contributed by atoms with Crippen LogP contribution in [-0.2, 0) is 11.0 Å². The Bertz CT molecular complexity index is 838. The summed E-state index contributed by atoms with van der Waals surface area (Å²) in [6.45, 7) is 4.93. The van der Waals surface area contributed by atoms with E-state index in [4.69, 9.17) is 0 Å². The van der Waals surface area contributed by atoms with Crippen molar-refractivity contribution in [1.82, 2.24) is 4.98 Å². The molecule has 0 fully saturated rings. The number of carbonyl (C=O) groups excluding carboxylic acids is 1. The van der Waals surface area contributed by atoms with E-state index in [0.717, 1.165) is 12.3 Å². The Morgan fingerprint density at radius 2 is 1.65 bits per heavy atom. The van der Waals surface area contributed by atoms with Crippen LogP contribution in [0.4, 0.5) is 13.2 Å². The number of rotatable bonds is 4. The van der Waals surface area contributed by atoms with Gasteiger partial charge in [-0.25, -0.2) is 0 Å². The zero-order valence-electron chi connectivity index (χ0n) is 14.5.